The fourth-order valence-corrected chi connectivity index (χ4v) is 4.67. The maximum absolute atomic E-state index is 12.6. The zero-order chi connectivity index (χ0) is 14.0. The molecule has 1 saturated heterocycles. The molecule has 0 amide bonds. The standard InChI is InChI=1S/C13H18ClNO3S/c1-10-5-6-13(12(14)8-10)19(17,18)15-7-3-2-4-11(15)9-16/h5-6,8,11,16H,2-4,7,9H2,1H3. The molecule has 1 aliphatic rings. The summed E-state index contributed by atoms with van der Waals surface area (Å²) in [5, 5.41) is 9.58. The molecule has 1 aromatic carbocycles. The molecule has 1 aromatic rings. The summed E-state index contributed by atoms with van der Waals surface area (Å²) in [6.07, 6.45) is 2.46. The number of piperidine rings is 1. The fourth-order valence-electron chi connectivity index (χ4n) is 2.41. The number of halogens is 1. The molecule has 0 radical (unpaired) electrons. The lowest BCUT2D eigenvalue weighted by Gasteiger charge is -2.33. The van der Waals surface area contributed by atoms with Crippen molar-refractivity contribution in [1.29, 1.82) is 0 Å². The molecule has 6 heteroatoms. The zero-order valence-corrected chi connectivity index (χ0v) is 12.4. The van der Waals surface area contributed by atoms with E-state index in [9.17, 15) is 13.5 Å². The number of benzene rings is 1. The van der Waals surface area contributed by atoms with E-state index in [-0.39, 0.29) is 22.6 Å². The van der Waals surface area contributed by atoms with E-state index >= 15 is 0 Å². The highest BCUT2D eigenvalue weighted by molar-refractivity contribution is 7.89. The summed E-state index contributed by atoms with van der Waals surface area (Å²) in [4.78, 5) is 0.125. The van der Waals surface area contributed by atoms with Gasteiger partial charge in [0.05, 0.1) is 11.6 Å². The van der Waals surface area contributed by atoms with E-state index in [2.05, 4.69) is 0 Å². The number of aliphatic hydroxyl groups excluding tert-OH is 1. The molecule has 0 bridgehead atoms. The minimum Gasteiger partial charge on any atom is -0.395 e. The Morgan fingerprint density at radius 3 is 2.79 bits per heavy atom. The van der Waals surface area contributed by atoms with Crippen molar-refractivity contribution >= 4 is 21.6 Å². The van der Waals surface area contributed by atoms with Crippen LogP contribution < -0.4 is 0 Å². The highest BCUT2D eigenvalue weighted by atomic mass is 35.5. The van der Waals surface area contributed by atoms with Gasteiger partial charge in [-0.05, 0) is 37.5 Å². The first kappa shape index (κ1) is 14.8. The van der Waals surface area contributed by atoms with E-state index in [0.29, 0.717) is 13.0 Å². The van der Waals surface area contributed by atoms with Gasteiger partial charge in [0.25, 0.3) is 0 Å². The van der Waals surface area contributed by atoms with Crippen molar-refractivity contribution < 1.29 is 13.5 Å². The van der Waals surface area contributed by atoms with Crippen molar-refractivity contribution in [2.45, 2.75) is 37.1 Å². The molecular weight excluding hydrogens is 286 g/mol. The second-order valence-electron chi connectivity index (χ2n) is 4.88. The first-order valence-corrected chi connectivity index (χ1v) is 8.17. The summed E-state index contributed by atoms with van der Waals surface area (Å²) in [6, 6.07) is 4.58. The van der Waals surface area contributed by atoms with Crippen molar-refractivity contribution in [2.24, 2.45) is 0 Å². The molecule has 2 rings (SSSR count). The van der Waals surface area contributed by atoms with Crippen LogP contribution in [0.25, 0.3) is 0 Å². The number of hydrogen-bond donors (Lipinski definition) is 1. The molecule has 0 spiro atoms. The minimum atomic E-state index is -3.63. The average Bonchev–Trinajstić information content (AvgIpc) is 2.38. The Kier molecular flexibility index (Phi) is 4.50. The third-order valence-corrected chi connectivity index (χ3v) is 5.89. The molecule has 1 heterocycles. The second kappa shape index (κ2) is 5.79. The van der Waals surface area contributed by atoms with Crippen molar-refractivity contribution in [3.63, 3.8) is 0 Å². The fraction of sp³-hybridized carbons (Fsp3) is 0.538. The van der Waals surface area contributed by atoms with E-state index in [0.717, 1.165) is 18.4 Å². The van der Waals surface area contributed by atoms with Gasteiger partial charge in [-0.3, -0.25) is 0 Å². The molecule has 106 valence electrons. The molecule has 1 unspecified atom stereocenters. The van der Waals surface area contributed by atoms with Crippen LogP contribution in [-0.2, 0) is 10.0 Å². The molecule has 0 aromatic heterocycles. The maximum atomic E-state index is 12.6. The number of nitrogens with zero attached hydrogens (tertiary/aromatic N) is 1. The van der Waals surface area contributed by atoms with Crippen LogP contribution in [0, 0.1) is 6.92 Å². The summed E-state index contributed by atoms with van der Waals surface area (Å²) < 4.78 is 26.6. The van der Waals surface area contributed by atoms with Crippen LogP contribution in [0.1, 0.15) is 24.8 Å². The second-order valence-corrected chi connectivity index (χ2v) is 7.15. The quantitative estimate of drug-likeness (QED) is 0.931. The zero-order valence-electron chi connectivity index (χ0n) is 10.8. The Balaban J connectivity index is 2.40. The van der Waals surface area contributed by atoms with E-state index < -0.39 is 10.0 Å². The van der Waals surface area contributed by atoms with Crippen molar-refractivity contribution in [2.75, 3.05) is 13.2 Å². The van der Waals surface area contributed by atoms with Crippen LogP contribution in [0.5, 0.6) is 0 Å². The minimum absolute atomic E-state index is 0.125. The van der Waals surface area contributed by atoms with Gasteiger partial charge in [-0.1, -0.05) is 24.1 Å². The first-order valence-electron chi connectivity index (χ1n) is 6.35. The highest BCUT2D eigenvalue weighted by Gasteiger charge is 2.34. The Bertz CT molecular complexity index is 559. The molecule has 1 atom stereocenters. The van der Waals surface area contributed by atoms with Gasteiger partial charge in [0.15, 0.2) is 0 Å². The number of aryl methyl sites for hydroxylation is 1. The van der Waals surface area contributed by atoms with E-state index in [4.69, 9.17) is 11.6 Å². The van der Waals surface area contributed by atoms with Crippen LogP contribution in [0.2, 0.25) is 5.02 Å². The van der Waals surface area contributed by atoms with Crippen LogP contribution in [0.4, 0.5) is 0 Å². The summed E-state index contributed by atoms with van der Waals surface area (Å²) in [6.45, 7) is 2.15. The van der Waals surface area contributed by atoms with E-state index in [1.54, 1.807) is 12.1 Å². The predicted molar refractivity (Wildman–Crippen MR) is 74.8 cm³/mol. The Morgan fingerprint density at radius 1 is 1.42 bits per heavy atom. The molecule has 19 heavy (non-hydrogen) atoms. The van der Waals surface area contributed by atoms with Gasteiger partial charge in [-0.25, -0.2) is 8.42 Å². The van der Waals surface area contributed by atoms with Gasteiger partial charge < -0.3 is 5.11 Å². The average molecular weight is 304 g/mol. The van der Waals surface area contributed by atoms with Crippen molar-refractivity contribution in [3.8, 4) is 0 Å². The normalized spacial score (nSPS) is 21.5. The van der Waals surface area contributed by atoms with Gasteiger partial charge in [-0.2, -0.15) is 4.31 Å². The molecule has 1 aliphatic heterocycles. The first-order chi connectivity index (χ1) is 8.96. The van der Waals surface area contributed by atoms with Crippen LogP contribution in [-0.4, -0.2) is 37.0 Å². The van der Waals surface area contributed by atoms with Crippen LogP contribution in [0.3, 0.4) is 0 Å². The molecular formula is C13H18ClNO3S. The summed E-state index contributed by atoms with van der Waals surface area (Å²) in [5.41, 5.74) is 0.918. The van der Waals surface area contributed by atoms with Crippen molar-refractivity contribution in [3.05, 3.63) is 28.8 Å². The topological polar surface area (TPSA) is 57.6 Å². The summed E-state index contributed by atoms with van der Waals surface area (Å²) in [5.74, 6) is 0. The number of aliphatic hydroxyl groups is 1. The van der Waals surface area contributed by atoms with Gasteiger partial charge in [0, 0.05) is 12.6 Å². The summed E-state index contributed by atoms with van der Waals surface area (Å²) >= 11 is 6.06. The Labute approximate surface area is 119 Å². The molecule has 1 fully saturated rings. The molecule has 1 N–H and O–H groups in total. The van der Waals surface area contributed by atoms with Gasteiger partial charge in [-0.15, -0.1) is 0 Å². The molecule has 0 aliphatic carbocycles. The van der Waals surface area contributed by atoms with Crippen molar-refractivity contribution in [1.82, 2.24) is 4.31 Å². The van der Waals surface area contributed by atoms with E-state index in [1.807, 2.05) is 6.92 Å². The Morgan fingerprint density at radius 2 is 2.16 bits per heavy atom. The third-order valence-electron chi connectivity index (χ3n) is 3.46. The highest BCUT2D eigenvalue weighted by Crippen LogP contribution is 2.29. The number of rotatable bonds is 3. The largest absolute Gasteiger partial charge is 0.395 e. The lowest BCUT2D eigenvalue weighted by molar-refractivity contribution is 0.155. The summed E-state index contributed by atoms with van der Waals surface area (Å²) in [7, 11) is -3.63. The number of hydrogen-bond acceptors (Lipinski definition) is 3. The lowest BCUT2D eigenvalue weighted by Crippen LogP contribution is -2.45. The van der Waals surface area contributed by atoms with Gasteiger partial charge >= 0.3 is 0 Å². The lowest BCUT2D eigenvalue weighted by atomic mass is 10.1. The monoisotopic (exact) mass is 303 g/mol. The van der Waals surface area contributed by atoms with Crippen LogP contribution in [0.15, 0.2) is 23.1 Å². The number of sulfonamides is 1. The Hall–Kier alpha value is -0.620. The molecule has 4 nitrogen and oxygen atoms in total. The molecule has 0 saturated carbocycles. The SMILES string of the molecule is Cc1ccc(S(=O)(=O)N2CCCCC2CO)c(Cl)c1. The predicted octanol–water partition coefficient (Wildman–Crippen LogP) is 2.18. The maximum Gasteiger partial charge on any atom is 0.244 e. The van der Waals surface area contributed by atoms with E-state index in [1.165, 1.54) is 10.4 Å². The van der Waals surface area contributed by atoms with Crippen LogP contribution >= 0.6 is 11.6 Å². The third kappa shape index (κ3) is 2.94. The van der Waals surface area contributed by atoms with Gasteiger partial charge in [0.2, 0.25) is 10.0 Å². The smallest absolute Gasteiger partial charge is 0.244 e. The van der Waals surface area contributed by atoms with Gasteiger partial charge in [0.1, 0.15) is 4.90 Å².